The molecule has 110 valence electrons. The van der Waals surface area contributed by atoms with Gasteiger partial charge < -0.3 is 14.6 Å². The summed E-state index contributed by atoms with van der Waals surface area (Å²) in [5.41, 5.74) is -0.486. The molecule has 1 aromatic carbocycles. The largest absolute Gasteiger partial charge is 0.486 e. The maximum Gasteiger partial charge on any atom is 0.328 e. The van der Waals surface area contributed by atoms with Crippen molar-refractivity contribution in [3.8, 4) is 11.5 Å². The van der Waals surface area contributed by atoms with Gasteiger partial charge >= 0.3 is 5.97 Å². The van der Waals surface area contributed by atoms with Crippen LogP contribution in [0.3, 0.4) is 0 Å². The van der Waals surface area contributed by atoms with E-state index in [1.807, 2.05) is 13.8 Å². The summed E-state index contributed by atoms with van der Waals surface area (Å²) in [7, 11) is 0. The van der Waals surface area contributed by atoms with Gasteiger partial charge in [0.05, 0.1) is 0 Å². The number of hydrogen-bond donors (Lipinski definition) is 2. The van der Waals surface area contributed by atoms with E-state index in [0.29, 0.717) is 30.3 Å². The normalized spacial score (nSPS) is 18.1. The van der Waals surface area contributed by atoms with Crippen molar-refractivity contribution >= 4 is 5.97 Å². The first-order chi connectivity index (χ1) is 9.47. The van der Waals surface area contributed by atoms with Gasteiger partial charge in [-0.15, -0.1) is 0 Å². The molecule has 0 bridgehead atoms. The molecule has 2 atom stereocenters. The Kier molecular flexibility index (Phi) is 4.18. The van der Waals surface area contributed by atoms with Gasteiger partial charge in [0.15, 0.2) is 11.5 Å². The van der Waals surface area contributed by atoms with Crippen molar-refractivity contribution in [3.05, 3.63) is 23.8 Å². The fourth-order valence-electron chi connectivity index (χ4n) is 2.22. The molecule has 2 rings (SSSR count). The lowest BCUT2D eigenvalue weighted by molar-refractivity contribution is -0.145. The number of carboxylic acids is 1. The van der Waals surface area contributed by atoms with Gasteiger partial charge in [-0.25, -0.2) is 4.79 Å². The van der Waals surface area contributed by atoms with E-state index in [2.05, 4.69) is 5.32 Å². The van der Waals surface area contributed by atoms with Crippen LogP contribution in [0.15, 0.2) is 18.2 Å². The second-order valence-corrected chi connectivity index (χ2v) is 5.24. The second-order valence-electron chi connectivity index (χ2n) is 5.24. The lowest BCUT2D eigenvalue weighted by Gasteiger charge is -2.31. The minimum atomic E-state index is -1.15. The van der Waals surface area contributed by atoms with Crippen LogP contribution in [-0.4, -0.2) is 30.3 Å². The summed E-state index contributed by atoms with van der Waals surface area (Å²) < 4.78 is 11.0. The standard InChI is InChI=1S/C15H21NO4/c1-4-10(2)16-15(3,14(17)18)11-5-6-12-13(9-11)20-8-7-19-12/h5-6,9-10,16H,4,7-8H2,1-3H3,(H,17,18). The van der Waals surface area contributed by atoms with E-state index in [0.717, 1.165) is 6.42 Å². The predicted molar refractivity (Wildman–Crippen MR) is 75.3 cm³/mol. The molecule has 0 spiro atoms. The first-order valence-electron chi connectivity index (χ1n) is 6.88. The Morgan fingerprint density at radius 1 is 1.40 bits per heavy atom. The van der Waals surface area contributed by atoms with Crippen molar-refractivity contribution < 1.29 is 19.4 Å². The summed E-state index contributed by atoms with van der Waals surface area (Å²) in [6.45, 7) is 6.67. The van der Waals surface area contributed by atoms with Crippen LogP contribution in [0, 0.1) is 0 Å². The summed E-state index contributed by atoms with van der Waals surface area (Å²) in [4.78, 5) is 11.7. The molecular weight excluding hydrogens is 258 g/mol. The predicted octanol–water partition coefficient (Wildman–Crippen LogP) is 2.15. The first-order valence-corrected chi connectivity index (χ1v) is 6.88. The molecule has 1 heterocycles. The third-order valence-corrected chi connectivity index (χ3v) is 3.69. The summed E-state index contributed by atoms with van der Waals surface area (Å²) >= 11 is 0. The number of ether oxygens (including phenoxy) is 2. The Bertz CT molecular complexity index is 503. The minimum Gasteiger partial charge on any atom is -0.486 e. The molecule has 0 fully saturated rings. The molecule has 5 nitrogen and oxygen atoms in total. The molecule has 0 aromatic heterocycles. The van der Waals surface area contributed by atoms with Gasteiger partial charge in [-0.05, 0) is 38.0 Å². The average molecular weight is 279 g/mol. The van der Waals surface area contributed by atoms with Gasteiger partial charge in [0.1, 0.15) is 18.8 Å². The van der Waals surface area contributed by atoms with E-state index >= 15 is 0 Å². The fourth-order valence-corrected chi connectivity index (χ4v) is 2.22. The first kappa shape index (κ1) is 14.7. The average Bonchev–Trinajstić information content (AvgIpc) is 2.46. The summed E-state index contributed by atoms with van der Waals surface area (Å²) in [6, 6.07) is 5.39. The molecule has 1 aliphatic rings. The molecule has 1 aromatic rings. The molecule has 0 saturated heterocycles. The Labute approximate surface area is 118 Å². The molecule has 2 N–H and O–H groups in total. The highest BCUT2D eigenvalue weighted by atomic mass is 16.6. The van der Waals surface area contributed by atoms with E-state index < -0.39 is 11.5 Å². The second kappa shape index (κ2) is 5.71. The molecule has 0 aliphatic carbocycles. The Balaban J connectivity index is 2.36. The number of hydrogen-bond acceptors (Lipinski definition) is 4. The van der Waals surface area contributed by atoms with Crippen LogP contribution in [0.25, 0.3) is 0 Å². The van der Waals surface area contributed by atoms with Gasteiger partial charge in [0, 0.05) is 6.04 Å². The van der Waals surface area contributed by atoms with E-state index in [-0.39, 0.29) is 6.04 Å². The molecule has 0 saturated carbocycles. The van der Waals surface area contributed by atoms with E-state index in [9.17, 15) is 9.90 Å². The van der Waals surface area contributed by atoms with Gasteiger partial charge in [0.25, 0.3) is 0 Å². The highest BCUT2D eigenvalue weighted by Crippen LogP contribution is 2.34. The zero-order chi connectivity index (χ0) is 14.8. The quantitative estimate of drug-likeness (QED) is 0.864. The van der Waals surface area contributed by atoms with Crippen LogP contribution < -0.4 is 14.8 Å². The topological polar surface area (TPSA) is 67.8 Å². The van der Waals surface area contributed by atoms with Crippen molar-refractivity contribution in [2.75, 3.05) is 13.2 Å². The van der Waals surface area contributed by atoms with Crippen LogP contribution in [0.1, 0.15) is 32.8 Å². The van der Waals surface area contributed by atoms with Crippen molar-refractivity contribution in [2.24, 2.45) is 0 Å². The summed E-state index contributed by atoms with van der Waals surface area (Å²) in [5.74, 6) is 0.359. The van der Waals surface area contributed by atoms with Crippen LogP contribution in [-0.2, 0) is 10.3 Å². The SMILES string of the molecule is CCC(C)NC(C)(C(=O)O)c1ccc2c(c1)OCCO2. The number of fused-ring (bicyclic) bond motifs is 1. The minimum absolute atomic E-state index is 0.101. The summed E-state index contributed by atoms with van der Waals surface area (Å²) in [5, 5.41) is 12.8. The molecule has 0 radical (unpaired) electrons. The number of carboxylic acid groups (broad SMARTS) is 1. The molecular formula is C15H21NO4. The number of benzene rings is 1. The van der Waals surface area contributed by atoms with Gasteiger partial charge in [-0.1, -0.05) is 13.0 Å². The van der Waals surface area contributed by atoms with E-state index in [1.165, 1.54) is 0 Å². The van der Waals surface area contributed by atoms with Crippen LogP contribution in [0.4, 0.5) is 0 Å². The highest BCUT2D eigenvalue weighted by Gasteiger charge is 2.36. The molecule has 0 amide bonds. The maximum atomic E-state index is 11.7. The molecule has 2 unspecified atom stereocenters. The number of rotatable bonds is 5. The molecule has 1 aliphatic heterocycles. The lowest BCUT2D eigenvalue weighted by atomic mass is 9.90. The number of aliphatic carboxylic acids is 1. The molecule has 5 heteroatoms. The van der Waals surface area contributed by atoms with Crippen molar-refractivity contribution in [3.63, 3.8) is 0 Å². The van der Waals surface area contributed by atoms with Gasteiger partial charge in [-0.2, -0.15) is 0 Å². The Hall–Kier alpha value is -1.75. The third-order valence-electron chi connectivity index (χ3n) is 3.69. The highest BCUT2D eigenvalue weighted by molar-refractivity contribution is 5.80. The summed E-state index contributed by atoms with van der Waals surface area (Å²) in [6.07, 6.45) is 0.855. The molecule has 20 heavy (non-hydrogen) atoms. The number of nitrogens with one attached hydrogen (secondary N) is 1. The van der Waals surface area contributed by atoms with E-state index in [4.69, 9.17) is 9.47 Å². The van der Waals surface area contributed by atoms with Crippen molar-refractivity contribution in [1.82, 2.24) is 5.32 Å². The zero-order valence-electron chi connectivity index (χ0n) is 12.1. The Morgan fingerprint density at radius 3 is 2.65 bits per heavy atom. The van der Waals surface area contributed by atoms with Crippen molar-refractivity contribution in [1.29, 1.82) is 0 Å². The maximum absolute atomic E-state index is 11.7. The monoisotopic (exact) mass is 279 g/mol. The zero-order valence-corrected chi connectivity index (χ0v) is 12.1. The fraction of sp³-hybridized carbons (Fsp3) is 0.533. The van der Waals surface area contributed by atoms with E-state index in [1.54, 1.807) is 25.1 Å². The van der Waals surface area contributed by atoms with Crippen LogP contribution in [0.2, 0.25) is 0 Å². The number of carbonyl (C=O) groups is 1. The van der Waals surface area contributed by atoms with Crippen LogP contribution >= 0.6 is 0 Å². The van der Waals surface area contributed by atoms with Crippen LogP contribution in [0.5, 0.6) is 11.5 Å². The smallest absolute Gasteiger partial charge is 0.328 e. The third kappa shape index (κ3) is 2.72. The van der Waals surface area contributed by atoms with Gasteiger partial charge in [0.2, 0.25) is 0 Å². The lowest BCUT2D eigenvalue weighted by Crippen LogP contribution is -2.50. The Morgan fingerprint density at radius 2 is 2.05 bits per heavy atom. The van der Waals surface area contributed by atoms with Crippen molar-refractivity contribution in [2.45, 2.75) is 38.8 Å². The van der Waals surface area contributed by atoms with Gasteiger partial charge in [-0.3, -0.25) is 5.32 Å².